The van der Waals surface area contributed by atoms with Crippen LogP contribution in [0.4, 0.5) is 11.5 Å². The second-order valence-corrected chi connectivity index (χ2v) is 9.37. The molecule has 0 radical (unpaired) electrons. The molecule has 36 heavy (non-hydrogen) atoms. The van der Waals surface area contributed by atoms with Gasteiger partial charge in [-0.1, -0.05) is 24.3 Å². The van der Waals surface area contributed by atoms with E-state index in [-0.39, 0.29) is 11.8 Å². The number of rotatable bonds is 8. The van der Waals surface area contributed by atoms with Crippen molar-refractivity contribution >= 4 is 28.2 Å². The monoisotopic (exact) mass is 490 g/mol. The molecule has 1 atom stereocenters. The average molecular weight is 491 g/mol. The Morgan fingerprint density at radius 3 is 2.86 bits per heavy atom. The molecular formula is C28H34N4O4. The molecule has 0 spiro atoms. The van der Waals surface area contributed by atoms with Crippen LogP contribution in [0.5, 0.6) is 11.5 Å². The largest absolute Gasteiger partial charge is 0.490 e. The number of carbonyl (C=O) groups is 1. The van der Waals surface area contributed by atoms with Gasteiger partial charge in [-0.3, -0.25) is 9.69 Å². The fraction of sp³-hybridized carbons (Fsp3) is 0.429. The van der Waals surface area contributed by atoms with Crippen molar-refractivity contribution in [3.8, 4) is 11.5 Å². The lowest BCUT2D eigenvalue weighted by molar-refractivity contribution is -0.117. The number of hydrogen-bond acceptors (Lipinski definition) is 7. The van der Waals surface area contributed by atoms with E-state index in [1.807, 2.05) is 24.3 Å². The smallest absolute Gasteiger partial charge is 0.238 e. The van der Waals surface area contributed by atoms with E-state index in [2.05, 4.69) is 39.8 Å². The van der Waals surface area contributed by atoms with Crippen molar-refractivity contribution in [2.24, 2.45) is 0 Å². The third kappa shape index (κ3) is 5.88. The summed E-state index contributed by atoms with van der Waals surface area (Å²) in [5.41, 5.74) is 1.79. The third-order valence-corrected chi connectivity index (χ3v) is 6.68. The molecule has 3 heterocycles. The summed E-state index contributed by atoms with van der Waals surface area (Å²) in [5, 5.41) is 8.74. The van der Waals surface area contributed by atoms with E-state index in [1.54, 1.807) is 7.11 Å². The van der Waals surface area contributed by atoms with E-state index < -0.39 is 0 Å². The van der Waals surface area contributed by atoms with Gasteiger partial charge in [0.1, 0.15) is 5.82 Å². The summed E-state index contributed by atoms with van der Waals surface area (Å²) >= 11 is 0. The van der Waals surface area contributed by atoms with Gasteiger partial charge < -0.3 is 24.8 Å². The molecule has 2 aromatic carbocycles. The number of likely N-dealkylation sites (tertiary alicyclic amines) is 1. The maximum atomic E-state index is 12.9. The van der Waals surface area contributed by atoms with Gasteiger partial charge in [0.15, 0.2) is 11.5 Å². The minimum absolute atomic E-state index is 0.0291. The molecular weight excluding hydrogens is 456 g/mol. The third-order valence-electron chi connectivity index (χ3n) is 6.68. The maximum absolute atomic E-state index is 12.9. The zero-order valence-electron chi connectivity index (χ0n) is 20.8. The zero-order valence-corrected chi connectivity index (χ0v) is 20.8. The first-order valence-electron chi connectivity index (χ1n) is 12.7. The van der Waals surface area contributed by atoms with Crippen LogP contribution in [-0.4, -0.2) is 68.9 Å². The van der Waals surface area contributed by atoms with Crippen LogP contribution in [0.1, 0.15) is 30.9 Å². The Bertz CT molecular complexity index is 1200. The Balaban J connectivity index is 1.24. The van der Waals surface area contributed by atoms with Gasteiger partial charge in [-0.15, -0.1) is 0 Å². The highest BCUT2D eigenvalue weighted by Gasteiger charge is 2.25. The highest BCUT2D eigenvalue weighted by atomic mass is 16.5. The molecule has 2 aliphatic rings. The number of benzene rings is 2. The number of piperidine rings is 1. The molecule has 8 nitrogen and oxygen atoms in total. The second-order valence-electron chi connectivity index (χ2n) is 9.37. The van der Waals surface area contributed by atoms with Gasteiger partial charge in [-0.25, -0.2) is 4.98 Å². The number of carbonyl (C=O) groups excluding carboxylic acids is 1. The Labute approximate surface area is 211 Å². The number of anilines is 2. The van der Waals surface area contributed by atoms with Crippen LogP contribution in [0.2, 0.25) is 0 Å². The topological polar surface area (TPSA) is 85.0 Å². The Hall–Kier alpha value is -3.36. The van der Waals surface area contributed by atoms with Gasteiger partial charge >= 0.3 is 0 Å². The number of methoxy groups -OCH3 is 1. The molecule has 1 fully saturated rings. The molecule has 1 amide bonds. The Morgan fingerprint density at radius 1 is 1.11 bits per heavy atom. The molecule has 1 aromatic heterocycles. The number of aromatic nitrogens is 1. The molecule has 2 aliphatic heterocycles. The number of hydrogen-bond donors (Lipinski definition) is 2. The summed E-state index contributed by atoms with van der Waals surface area (Å²) in [6.07, 6.45) is 2.94. The summed E-state index contributed by atoms with van der Waals surface area (Å²) in [6, 6.07) is 16.1. The Kier molecular flexibility index (Phi) is 7.83. The van der Waals surface area contributed by atoms with E-state index in [9.17, 15) is 4.79 Å². The van der Waals surface area contributed by atoms with Crippen molar-refractivity contribution in [1.82, 2.24) is 9.88 Å². The van der Waals surface area contributed by atoms with Crippen LogP contribution in [0.25, 0.3) is 10.8 Å². The molecule has 1 unspecified atom stereocenters. The lowest BCUT2D eigenvalue weighted by Gasteiger charge is -2.32. The molecule has 190 valence electrons. The van der Waals surface area contributed by atoms with Crippen molar-refractivity contribution in [3.05, 3.63) is 54.2 Å². The van der Waals surface area contributed by atoms with Crippen molar-refractivity contribution in [3.63, 3.8) is 0 Å². The zero-order chi connectivity index (χ0) is 24.7. The average Bonchev–Trinajstić information content (AvgIpc) is 3.14. The number of nitrogens with zero attached hydrogens (tertiary/aromatic N) is 2. The SMILES string of the molecule is COCCNc1nc(C2CCCN(CC(=O)Nc3ccc4c(c3)OCCCO4)C2)cc2ccccc12. The van der Waals surface area contributed by atoms with E-state index >= 15 is 0 Å². The van der Waals surface area contributed by atoms with Gasteiger partial charge in [0.05, 0.1) is 26.4 Å². The number of fused-ring (bicyclic) bond motifs is 2. The van der Waals surface area contributed by atoms with Crippen LogP contribution in [0.3, 0.4) is 0 Å². The molecule has 5 rings (SSSR count). The van der Waals surface area contributed by atoms with E-state index in [1.165, 1.54) is 5.39 Å². The summed E-state index contributed by atoms with van der Waals surface area (Å²) in [5.74, 6) is 2.55. The molecule has 3 aromatic rings. The summed E-state index contributed by atoms with van der Waals surface area (Å²) in [6.45, 7) is 4.63. The highest BCUT2D eigenvalue weighted by Crippen LogP contribution is 2.33. The molecule has 8 heteroatoms. The number of pyridine rings is 1. The van der Waals surface area contributed by atoms with Crippen molar-refractivity contribution < 1.29 is 19.0 Å². The second kappa shape index (κ2) is 11.6. The number of ether oxygens (including phenoxy) is 3. The van der Waals surface area contributed by atoms with Gasteiger partial charge in [0, 0.05) is 55.4 Å². The minimum Gasteiger partial charge on any atom is -0.490 e. The summed E-state index contributed by atoms with van der Waals surface area (Å²) < 4.78 is 16.6. The van der Waals surface area contributed by atoms with Gasteiger partial charge in [-0.05, 0) is 43.0 Å². The molecule has 0 aliphatic carbocycles. The lowest BCUT2D eigenvalue weighted by atomic mass is 9.93. The van der Waals surface area contributed by atoms with Crippen LogP contribution in [0, 0.1) is 0 Å². The van der Waals surface area contributed by atoms with Crippen molar-refractivity contribution in [2.45, 2.75) is 25.2 Å². The fourth-order valence-electron chi connectivity index (χ4n) is 4.92. The van der Waals surface area contributed by atoms with Crippen LogP contribution < -0.4 is 20.1 Å². The molecule has 0 saturated carbocycles. The van der Waals surface area contributed by atoms with Crippen molar-refractivity contribution in [2.75, 3.05) is 63.7 Å². The van der Waals surface area contributed by atoms with Crippen LogP contribution in [-0.2, 0) is 9.53 Å². The fourth-order valence-corrected chi connectivity index (χ4v) is 4.92. The van der Waals surface area contributed by atoms with E-state index in [0.717, 1.165) is 60.7 Å². The van der Waals surface area contributed by atoms with Gasteiger partial charge in [-0.2, -0.15) is 0 Å². The lowest BCUT2D eigenvalue weighted by Crippen LogP contribution is -2.40. The van der Waals surface area contributed by atoms with E-state index in [0.29, 0.717) is 38.7 Å². The first-order valence-corrected chi connectivity index (χ1v) is 12.7. The predicted octanol–water partition coefficient (Wildman–Crippen LogP) is 4.27. The normalized spacial score (nSPS) is 18.0. The maximum Gasteiger partial charge on any atom is 0.238 e. The van der Waals surface area contributed by atoms with Gasteiger partial charge in [0.25, 0.3) is 0 Å². The number of amides is 1. The van der Waals surface area contributed by atoms with Crippen molar-refractivity contribution in [1.29, 1.82) is 0 Å². The summed E-state index contributed by atoms with van der Waals surface area (Å²) in [4.78, 5) is 20.1. The first-order chi connectivity index (χ1) is 17.7. The molecule has 0 bridgehead atoms. The predicted molar refractivity (Wildman–Crippen MR) is 141 cm³/mol. The quantitative estimate of drug-likeness (QED) is 0.456. The van der Waals surface area contributed by atoms with Crippen LogP contribution in [0.15, 0.2) is 48.5 Å². The molecule has 2 N–H and O–H groups in total. The first kappa shape index (κ1) is 24.3. The minimum atomic E-state index is -0.0291. The highest BCUT2D eigenvalue weighted by molar-refractivity contribution is 5.93. The van der Waals surface area contributed by atoms with Crippen LogP contribution >= 0.6 is 0 Å². The van der Waals surface area contributed by atoms with E-state index in [4.69, 9.17) is 19.2 Å². The van der Waals surface area contributed by atoms with Gasteiger partial charge in [0.2, 0.25) is 5.91 Å². The standard InChI is InChI=1S/C28H34N4O4/c1-34-15-11-29-28-23-8-3-2-6-20(23)16-24(31-28)21-7-4-12-32(18-21)19-27(33)30-22-9-10-25-26(17-22)36-14-5-13-35-25/h2-3,6,8-10,16-17,21H,4-5,7,11-15,18-19H2,1H3,(H,29,31)(H,30,33). The molecule has 1 saturated heterocycles. The Morgan fingerprint density at radius 2 is 1.97 bits per heavy atom. The number of nitrogens with one attached hydrogen (secondary N) is 2. The summed E-state index contributed by atoms with van der Waals surface area (Å²) in [7, 11) is 1.70.